The van der Waals surface area contributed by atoms with Crippen molar-refractivity contribution in [2.75, 3.05) is 0 Å². The van der Waals surface area contributed by atoms with Crippen molar-refractivity contribution in [1.82, 2.24) is 0 Å². The van der Waals surface area contributed by atoms with Crippen LogP contribution in [0.5, 0.6) is 0 Å². The maximum atomic E-state index is 12.7. The number of ketones is 1. The van der Waals surface area contributed by atoms with Gasteiger partial charge >= 0.3 is 0 Å². The van der Waals surface area contributed by atoms with Crippen molar-refractivity contribution in [3.63, 3.8) is 0 Å². The van der Waals surface area contributed by atoms with Crippen LogP contribution in [-0.4, -0.2) is 10.7 Å². The molecule has 0 aromatic heterocycles. The smallest absolute Gasteiger partial charge is 0.287 e. The summed E-state index contributed by atoms with van der Waals surface area (Å²) in [5.41, 5.74) is 4.41. The number of unbranched alkanes of at least 4 members (excludes halogenated alkanes) is 2. The minimum absolute atomic E-state index is 0.110. The van der Waals surface area contributed by atoms with Crippen molar-refractivity contribution in [2.45, 2.75) is 80.9 Å². The molecule has 5 heteroatoms. The molecule has 4 nitrogen and oxygen atoms in total. The van der Waals surface area contributed by atoms with Gasteiger partial charge in [0.25, 0.3) is 5.69 Å². The van der Waals surface area contributed by atoms with Gasteiger partial charge in [-0.05, 0) is 53.8 Å². The number of hydrogen-bond acceptors (Lipinski definition) is 4. The van der Waals surface area contributed by atoms with Gasteiger partial charge in [-0.25, -0.2) is 0 Å². The summed E-state index contributed by atoms with van der Waals surface area (Å²) in [6.45, 7) is 6.21. The number of nitro groups is 1. The van der Waals surface area contributed by atoms with Gasteiger partial charge in [-0.1, -0.05) is 94.6 Å². The molecular formula is C30H33NO3S. The molecular weight excluding hydrogens is 454 g/mol. The fourth-order valence-corrected chi connectivity index (χ4v) is 6.41. The van der Waals surface area contributed by atoms with Crippen LogP contribution in [-0.2, 0) is 5.41 Å². The number of carbonyl (C=O) groups is 1. The summed E-state index contributed by atoms with van der Waals surface area (Å²) >= 11 is 1.45. The minimum Gasteiger partial charge on any atom is -0.294 e. The van der Waals surface area contributed by atoms with Crippen molar-refractivity contribution in [3.05, 3.63) is 87.5 Å². The summed E-state index contributed by atoms with van der Waals surface area (Å²) in [5, 5.41) is 12.7. The van der Waals surface area contributed by atoms with Crippen LogP contribution in [0.1, 0.15) is 87.2 Å². The highest BCUT2D eigenvalue weighted by Gasteiger charge is 2.48. The van der Waals surface area contributed by atoms with Crippen molar-refractivity contribution in [1.29, 1.82) is 0 Å². The van der Waals surface area contributed by atoms with E-state index in [2.05, 4.69) is 19.9 Å². The Kier molecular flexibility index (Phi) is 7.75. The van der Waals surface area contributed by atoms with Gasteiger partial charge < -0.3 is 0 Å². The normalized spacial score (nSPS) is 13.3. The van der Waals surface area contributed by atoms with Crippen molar-refractivity contribution in [3.8, 4) is 11.1 Å². The van der Waals surface area contributed by atoms with Gasteiger partial charge in [-0.2, -0.15) is 0 Å². The molecule has 3 aromatic carbocycles. The Morgan fingerprint density at radius 3 is 2.17 bits per heavy atom. The van der Waals surface area contributed by atoms with Gasteiger partial charge in [0.2, 0.25) is 0 Å². The van der Waals surface area contributed by atoms with Crippen LogP contribution in [0.4, 0.5) is 5.69 Å². The fraction of sp³-hybridized carbons (Fsp3) is 0.367. The van der Waals surface area contributed by atoms with Gasteiger partial charge in [0, 0.05) is 27.9 Å². The predicted octanol–water partition coefficient (Wildman–Crippen LogP) is 8.99. The largest absolute Gasteiger partial charge is 0.294 e. The zero-order valence-electron chi connectivity index (χ0n) is 20.8. The molecule has 0 amide bonds. The van der Waals surface area contributed by atoms with Crippen LogP contribution in [0.15, 0.2) is 70.5 Å². The highest BCUT2D eigenvalue weighted by Crippen LogP contribution is 2.59. The molecule has 0 fully saturated rings. The third-order valence-electron chi connectivity index (χ3n) is 7.16. The Bertz CT molecular complexity index is 1230. The lowest BCUT2D eigenvalue weighted by molar-refractivity contribution is -0.388. The number of hydrogen-bond donors (Lipinski definition) is 0. The van der Waals surface area contributed by atoms with Crippen LogP contribution in [0, 0.1) is 10.1 Å². The number of rotatable bonds is 11. The molecule has 0 bridgehead atoms. The first-order valence-electron chi connectivity index (χ1n) is 12.7. The van der Waals surface area contributed by atoms with Gasteiger partial charge in [0.05, 0.1) is 9.82 Å². The second-order valence-electron chi connectivity index (χ2n) is 9.33. The van der Waals surface area contributed by atoms with Crippen LogP contribution in [0.25, 0.3) is 11.1 Å². The van der Waals surface area contributed by atoms with Crippen LogP contribution in [0.3, 0.4) is 0 Å². The lowest BCUT2D eigenvalue weighted by Crippen LogP contribution is -2.27. The van der Waals surface area contributed by atoms with Gasteiger partial charge in [0.1, 0.15) is 0 Å². The average molecular weight is 488 g/mol. The lowest BCUT2D eigenvalue weighted by atomic mass is 9.70. The minimum atomic E-state index is -0.462. The van der Waals surface area contributed by atoms with Gasteiger partial charge in [0.15, 0.2) is 5.78 Å². The van der Waals surface area contributed by atoms with E-state index in [-0.39, 0.29) is 16.4 Å². The molecule has 35 heavy (non-hydrogen) atoms. The lowest BCUT2D eigenvalue weighted by Gasteiger charge is -2.32. The molecule has 0 saturated carbocycles. The standard InChI is InChI=1S/C30H33NO3S/c1-4-7-18-30(19-8-5-2)25-20-21(26(32)6-3)14-15-23(25)24-16-17-27(29(28(24)30)31(33)34)35-22-12-10-9-11-13-22/h9-17,20H,4-8,18-19H2,1-3H3. The number of carbonyl (C=O) groups excluding carboxylic acids is 1. The van der Waals surface area contributed by atoms with Crippen LogP contribution >= 0.6 is 11.8 Å². The molecule has 0 N–H and O–H groups in total. The molecule has 4 rings (SSSR count). The third kappa shape index (κ3) is 4.66. The van der Waals surface area contributed by atoms with E-state index >= 15 is 0 Å². The molecule has 0 radical (unpaired) electrons. The molecule has 1 aliphatic rings. The molecule has 182 valence electrons. The highest BCUT2D eigenvalue weighted by molar-refractivity contribution is 7.99. The summed E-state index contributed by atoms with van der Waals surface area (Å²) in [7, 11) is 0. The molecule has 1 aliphatic carbocycles. The average Bonchev–Trinajstić information content (AvgIpc) is 3.15. The van der Waals surface area contributed by atoms with Crippen molar-refractivity contribution >= 4 is 23.2 Å². The van der Waals surface area contributed by atoms with E-state index in [4.69, 9.17) is 0 Å². The molecule has 0 aliphatic heterocycles. The summed E-state index contributed by atoms with van der Waals surface area (Å²) in [6, 6.07) is 19.8. The van der Waals surface area contributed by atoms with E-state index < -0.39 is 5.41 Å². The Balaban J connectivity index is 2.00. The first-order chi connectivity index (χ1) is 17.0. The zero-order chi connectivity index (χ0) is 25.0. The summed E-state index contributed by atoms with van der Waals surface area (Å²) < 4.78 is 0. The molecule has 0 spiro atoms. The highest BCUT2D eigenvalue weighted by atomic mass is 32.2. The van der Waals surface area contributed by atoms with E-state index in [1.807, 2.05) is 61.5 Å². The van der Waals surface area contributed by atoms with Crippen molar-refractivity contribution in [2.24, 2.45) is 0 Å². The first-order valence-corrected chi connectivity index (χ1v) is 13.5. The number of fused-ring (bicyclic) bond motifs is 3. The van der Waals surface area contributed by atoms with Gasteiger partial charge in [-0.15, -0.1) is 0 Å². The maximum absolute atomic E-state index is 12.7. The van der Waals surface area contributed by atoms with E-state index in [0.717, 1.165) is 65.7 Å². The molecule has 0 heterocycles. The molecule has 0 saturated heterocycles. The SMILES string of the molecule is CCCCC1(CCCC)c2cc(C(=O)CC)ccc2-c2ccc(Sc3ccccc3)c([N+](=O)[O-])c21. The summed E-state index contributed by atoms with van der Waals surface area (Å²) in [6.07, 6.45) is 6.10. The Morgan fingerprint density at radius 1 is 0.914 bits per heavy atom. The summed E-state index contributed by atoms with van der Waals surface area (Å²) in [4.78, 5) is 26.8. The Labute approximate surface area is 212 Å². The number of nitro benzene ring substituents is 1. The van der Waals surface area contributed by atoms with E-state index in [9.17, 15) is 14.9 Å². The van der Waals surface area contributed by atoms with Crippen LogP contribution in [0.2, 0.25) is 0 Å². The second-order valence-corrected chi connectivity index (χ2v) is 10.4. The van der Waals surface area contributed by atoms with E-state index in [1.165, 1.54) is 11.8 Å². The number of benzene rings is 3. The van der Waals surface area contributed by atoms with Gasteiger partial charge in [-0.3, -0.25) is 14.9 Å². The van der Waals surface area contributed by atoms with Crippen LogP contribution < -0.4 is 0 Å². The molecule has 3 aromatic rings. The topological polar surface area (TPSA) is 60.2 Å². The van der Waals surface area contributed by atoms with E-state index in [0.29, 0.717) is 16.9 Å². The van der Waals surface area contributed by atoms with E-state index in [1.54, 1.807) is 0 Å². The maximum Gasteiger partial charge on any atom is 0.287 e. The predicted molar refractivity (Wildman–Crippen MR) is 144 cm³/mol. The Hall–Kier alpha value is -2.92. The third-order valence-corrected chi connectivity index (χ3v) is 8.21. The number of nitrogens with zero attached hydrogens (tertiary/aromatic N) is 1. The second kappa shape index (κ2) is 10.8. The fourth-order valence-electron chi connectivity index (χ4n) is 5.45. The number of Topliss-reactive ketones (excluding diaryl/α,β-unsaturated/α-hetero) is 1. The molecule has 0 atom stereocenters. The first kappa shape index (κ1) is 25.2. The Morgan fingerprint density at radius 2 is 1.57 bits per heavy atom. The summed E-state index contributed by atoms with van der Waals surface area (Å²) in [5.74, 6) is 0.110. The molecule has 0 unspecified atom stereocenters. The monoisotopic (exact) mass is 487 g/mol. The van der Waals surface area contributed by atoms with Crippen molar-refractivity contribution < 1.29 is 9.72 Å². The zero-order valence-corrected chi connectivity index (χ0v) is 21.6. The quantitative estimate of drug-likeness (QED) is 0.154.